The molecule has 1 heterocycles. The fraction of sp³-hybridized carbons (Fsp3) is 1.00. The standard InChI is InChI=1S/C13H19F6N/c14-12(15,16)9-3-1-2-8(6-9)11-5-4-10(7-20-11)13(17,18)19/h8-11,20H,1-7H2. The summed E-state index contributed by atoms with van der Waals surface area (Å²) in [6, 6.07) is -0.196. The van der Waals surface area contributed by atoms with E-state index in [1.54, 1.807) is 0 Å². The molecule has 2 rings (SSSR count). The monoisotopic (exact) mass is 303 g/mol. The SMILES string of the molecule is FC(F)(F)C1CCC(C2CCCC(C(F)(F)F)C2)NC1. The molecule has 20 heavy (non-hydrogen) atoms. The zero-order valence-corrected chi connectivity index (χ0v) is 11.0. The quantitative estimate of drug-likeness (QED) is 0.713. The van der Waals surface area contributed by atoms with E-state index in [0.717, 1.165) is 0 Å². The molecule has 1 nitrogen and oxygen atoms in total. The summed E-state index contributed by atoms with van der Waals surface area (Å²) in [5, 5.41) is 2.83. The summed E-state index contributed by atoms with van der Waals surface area (Å²) in [5.41, 5.74) is 0. The summed E-state index contributed by atoms with van der Waals surface area (Å²) in [6.07, 6.45) is -6.65. The third-order valence-electron chi connectivity index (χ3n) is 4.66. The molecule has 7 heteroatoms. The van der Waals surface area contributed by atoms with E-state index in [1.807, 2.05) is 0 Å². The van der Waals surface area contributed by atoms with Crippen LogP contribution in [0.5, 0.6) is 0 Å². The van der Waals surface area contributed by atoms with Crippen molar-refractivity contribution in [1.29, 1.82) is 0 Å². The highest BCUT2D eigenvalue weighted by Gasteiger charge is 2.46. The fourth-order valence-corrected chi connectivity index (χ4v) is 3.45. The summed E-state index contributed by atoms with van der Waals surface area (Å²) in [6.45, 7) is -0.165. The Morgan fingerprint density at radius 1 is 0.750 bits per heavy atom. The van der Waals surface area contributed by atoms with Crippen molar-refractivity contribution in [1.82, 2.24) is 5.32 Å². The van der Waals surface area contributed by atoms with E-state index >= 15 is 0 Å². The van der Waals surface area contributed by atoms with Crippen LogP contribution in [0.15, 0.2) is 0 Å². The van der Waals surface area contributed by atoms with Gasteiger partial charge in [0.2, 0.25) is 0 Å². The highest BCUT2D eigenvalue weighted by molar-refractivity contribution is 4.89. The number of piperidine rings is 1. The van der Waals surface area contributed by atoms with Crippen LogP contribution >= 0.6 is 0 Å². The van der Waals surface area contributed by atoms with Gasteiger partial charge >= 0.3 is 12.4 Å². The Labute approximate surface area is 114 Å². The first kappa shape index (κ1) is 15.9. The van der Waals surface area contributed by atoms with Gasteiger partial charge < -0.3 is 5.32 Å². The number of alkyl halides is 6. The average Bonchev–Trinajstić information content (AvgIpc) is 2.37. The molecule has 118 valence electrons. The molecular weight excluding hydrogens is 284 g/mol. The van der Waals surface area contributed by atoms with Gasteiger partial charge in [0.15, 0.2) is 0 Å². The average molecular weight is 303 g/mol. The lowest BCUT2D eigenvalue weighted by Crippen LogP contribution is -2.48. The molecule has 4 unspecified atom stereocenters. The maximum atomic E-state index is 12.7. The van der Waals surface area contributed by atoms with E-state index in [4.69, 9.17) is 0 Å². The fourth-order valence-electron chi connectivity index (χ4n) is 3.45. The topological polar surface area (TPSA) is 12.0 Å². The molecule has 1 aliphatic carbocycles. The molecule has 0 bridgehead atoms. The first-order chi connectivity index (χ1) is 9.18. The van der Waals surface area contributed by atoms with Crippen molar-refractivity contribution >= 4 is 0 Å². The molecule has 1 saturated heterocycles. The van der Waals surface area contributed by atoms with Crippen LogP contribution < -0.4 is 5.32 Å². The van der Waals surface area contributed by atoms with Crippen LogP contribution in [0, 0.1) is 17.8 Å². The minimum Gasteiger partial charge on any atom is -0.313 e. The molecule has 4 atom stereocenters. The number of rotatable bonds is 1. The van der Waals surface area contributed by atoms with Crippen LogP contribution in [0.4, 0.5) is 26.3 Å². The second-order valence-electron chi connectivity index (χ2n) is 6.00. The lowest BCUT2D eigenvalue weighted by atomic mass is 9.75. The summed E-state index contributed by atoms with van der Waals surface area (Å²) in [4.78, 5) is 0. The van der Waals surface area contributed by atoms with Crippen molar-refractivity contribution in [3.63, 3.8) is 0 Å². The van der Waals surface area contributed by atoms with Gasteiger partial charge in [0.1, 0.15) is 0 Å². The zero-order chi connectivity index (χ0) is 15.0. The van der Waals surface area contributed by atoms with Gasteiger partial charge in [-0.1, -0.05) is 6.42 Å². The van der Waals surface area contributed by atoms with Crippen LogP contribution in [0.25, 0.3) is 0 Å². The van der Waals surface area contributed by atoms with E-state index in [9.17, 15) is 26.3 Å². The first-order valence-corrected chi connectivity index (χ1v) is 7.04. The van der Waals surface area contributed by atoms with Gasteiger partial charge in [-0.05, 0) is 38.0 Å². The molecule has 1 saturated carbocycles. The number of hydrogen-bond donors (Lipinski definition) is 1. The molecule has 0 spiro atoms. The van der Waals surface area contributed by atoms with Gasteiger partial charge in [0, 0.05) is 12.6 Å². The van der Waals surface area contributed by atoms with Crippen molar-refractivity contribution < 1.29 is 26.3 Å². The summed E-state index contributed by atoms with van der Waals surface area (Å²) in [5.74, 6) is -2.80. The minimum absolute atomic E-state index is 0.0222. The molecule has 0 radical (unpaired) electrons. The summed E-state index contributed by atoms with van der Waals surface area (Å²) in [7, 11) is 0. The Kier molecular flexibility index (Phi) is 4.56. The maximum Gasteiger partial charge on any atom is 0.393 e. The zero-order valence-electron chi connectivity index (χ0n) is 11.0. The molecule has 0 aromatic heterocycles. The van der Waals surface area contributed by atoms with Gasteiger partial charge in [-0.2, -0.15) is 26.3 Å². The molecule has 0 amide bonds. The van der Waals surface area contributed by atoms with Crippen molar-refractivity contribution in [2.45, 2.75) is 56.9 Å². The molecule has 0 aromatic carbocycles. The highest BCUT2D eigenvalue weighted by atomic mass is 19.4. The molecule has 0 aromatic rings. The Bertz CT molecular complexity index is 316. The largest absolute Gasteiger partial charge is 0.393 e. The molecule has 1 aliphatic heterocycles. The predicted molar refractivity (Wildman–Crippen MR) is 62.1 cm³/mol. The van der Waals surface area contributed by atoms with Gasteiger partial charge in [-0.25, -0.2) is 0 Å². The third-order valence-corrected chi connectivity index (χ3v) is 4.66. The molecule has 2 fully saturated rings. The Hall–Kier alpha value is -0.460. The van der Waals surface area contributed by atoms with Crippen LogP contribution in [0.2, 0.25) is 0 Å². The van der Waals surface area contributed by atoms with Gasteiger partial charge in [0.05, 0.1) is 11.8 Å². The smallest absolute Gasteiger partial charge is 0.313 e. The highest BCUT2D eigenvalue weighted by Crippen LogP contribution is 2.43. The summed E-state index contributed by atoms with van der Waals surface area (Å²) >= 11 is 0. The van der Waals surface area contributed by atoms with Gasteiger partial charge in [-0.3, -0.25) is 0 Å². The lowest BCUT2D eigenvalue weighted by molar-refractivity contribution is -0.189. The van der Waals surface area contributed by atoms with Crippen LogP contribution in [-0.2, 0) is 0 Å². The minimum atomic E-state index is -4.21. The maximum absolute atomic E-state index is 12.7. The Morgan fingerprint density at radius 3 is 1.90 bits per heavy atom. The Morgan fingerprint density at radius 2 is 1.40 bits per heavy atom. The lowest BCUT2D eigenvalue weighted by Gasteiger charge is -2.39. The van der Waals surface area contributed by atoms with Crippen LogP contribution in [0.3, 0.4) is 0 Å². The van der Waals surface area contributed by atoms with E-state index < -0.39 is 24.2 Å². The van der Waals surface area contributed by atoms with E-state index in [-0.39, 0.29) is 37.8 Å². The second-order valence-corrected chi connectivity index (χ2v) is 6.00. The second kappa shape index (κ2) is 5.73. The molecule has 2 aliphatic rings. The molecular formula is C13H19F6N. The summed E-state index contributed by atoms with van der Waals surface area (Å²) < 4.78 is 75.8. The number of nitrogens with one attached hydrogen (secondary N) is 1. The van der Waals surface area contributed by atoms with Crippen LogP contribution in [-0.4, -0.2) is 24.9 Å². The van der Waals surface area contributed by atoms with E-state index in [2.05, 4.69) is 5.32 Å². The van der Waals surface area contributed by atoms with Crippen molar-refractivity contribution in [2.75, 3.05) is 6.54 Å². The van der Waals surface area contributed by atoms with E-state index in [0.29, 0.717) is 19.3 Å². The van der Waals surface area contributed by atoms with Gasteiger partial charge in [0.25, 0.3) is 0 Å². The predicted octanol–water partition coefficient (Wildman–Crippen LogP) is 4.29. The third kappa shape index (κ3) is 3.80. The normalized spacial score (nSPS) is 36.9. The molecule has 1 N–H and O–H groups in total. The van der Waals surface area contributed by atoms with Crippen molar-refractivity contribution in [3.8, 4) is 0 Å². The Balaban J connectivity index is 1.87. The van der Waals surface area contributed by atoms with Gasteiger partial charge in [-0.15, -0.1) is 0 Å². The number of hydrogen-bond acceptors (Lipinski definition) is 1. The van der Waals surface area contributed by atoms with E-state index in [1.165, 1.54) is 0 Å². The number of halogens is 6. The van der Waals surface area contributed by atoms with Crippen LogP contribution in [0.1, 0.15) is 38.5 Å². The first-order valence-electron chi connectivity index (χ1n) is 7.04. The van der Waals surface area contributed by atoms with Crippen molar-refractivity contribution in [3.05, 3.63) is 0 Å². The van der Waals surface area contributed by atoms with Crippen molar-refractivity contribution in [2.24, 2.45) is 17.8 Å².